The molecule has 0 heterocycles. The van der Waals surface area contributed by atoms with E-state index in [1.807, 2.05) is 26.0 Å². The lowest BCUT2D eigenvalue weighted by atomic mass is 9.83. The summed E-state index contributed by atoms with van der Waals surface area (Å²) in [5.41, 5.74) is 5.57. The van der Waals surface area contributed by atoms with Crippen LogP contribution < -0.4 is 0 Å². The van der Waals surface area contributed by atoms with Gasteiger partial charge in [0.05, 0.1) is 6.61 Å². The van der Waals surface area contributed by atoms with E-state index in [1.165, 1.54) is 0 Å². The first-order valence-electron chi connectivity index (χ1n) is 4.63. The Morgan fingerprint density at radius 1 is 1.38 bits per heavy atom. The summed E-state index contributed by atoms with van der Waals surface area (Å²) in [5.74, 6) is 0. The van der Waals surface area contributed by atoms with Gasteiger partial charge in [-0.3, -0.25) is 0 Å². The van der Waals surface area contributed by atoms with Crippen LogP contribution in [0.4, 0.5) is 0 Å². The molecule has 1 heteroatoms. The highest BCUT2D eigenvalue weighted by atomic mass is 16.2. The van der Waals surface area contributed by atoms with E-state index in [2.05, 4.69) is 26.5 Å². The van der Waals surface area contributed by atoms with Gasteiger partial charge in [0.1, 0.15) is 0 Å². The molecule has 0 radical (unpaired) electrons. The van der Waals surface area contributed by atoms with Crippen LogP contribution >= 0.6 is 0 Å². The molecule has 0 spiro atoms. The lowest BCUT2D eigenvalue weighted by Crippen LogP contribution is -2.10. The molecule has 0 atom stereocenters. The molecule has 0 saturated heterocycles. The Labute approximate surface area is 81.5 Å². The maximum atomic E-state index is 8.79. The van der Waals surface area contributed by atoms with Gasteiger partial charge in [-0.2, -0.15) is 0 Å². The minimum atomic E-state index is 0.0856. The van der Waals surface area contributed by atoms with Crippen LogP contribution in [0.25, 0.3) is 0 Å². The lowest BCUT2D eigenvalue weighted by molar-refractivity contribution is 0.341. The predicted molar refractivity (Wildman–Crippen MR) is 57.6 cm³/mol. The van der Waals surface area contributed by atoms with Gasteiger partial charge in [-0.15, -0.1) is 5.73 Å². The summed E-state index contributed by atoms with van der Waals surface area (Å²) in [4.78, 5) is 0. The molecule has 0 aliphatic heterocycles. The van der Waals surface area contributed by atoms with Crippen LogP contribution in [0.5, 0.6) is 0 Å². The summed E-state index contributed by atoms with van der Waals surface area (Å²) >= 11 is 0. The maximum Gasteiger partial charge on any atom is 0.0618 e. The topological polar surface area (TPSA) is 20.2 Å². The van der Waals surface area contributed by atoms with E-state index in [9.17, 15) is 0 Å². The van der Waals surface area contributed by atoms with Gasteiger partial charge in [-0.1, -0.05) is 26.8 Å². The zero-order valence-corrected chi connectivity index (χ0v) is 9.31. The van der Waals surface area contributed by atoms with Crippen molar-refractivity contribution in [2.45, 2.75) is 34.6 Å². The first-order chi connectivity index (χ1) is 5.93. The molecular formula is C12H20O. The molecule has 0 fully saturated rings. The van der Waals surface area contributed by atoms with Crippen molar-refractivity contribution in [3.8, 4) is 0 Å². The molecule has 0 aromatic heterocycles. The number of aliphatic hydroxyl groups is 1. The first-order valence-corrected chi connectivity index (χ1v) is 4.63. The molecule has 13 heavy (non-hydrogen) atoms. The Kier molecular flexibility index (Phi) is 4.76. The average Bonchev–Trinajstić information content (AvgIpc) is 1.98. The third-order valence-corrected chi connectivity index (χ3v) is 1.83. The number of aliphatic hydroxyl groups excluding tert-OH is 1. The third-order valence-electron chi connectivity index (χ3n) is 1.83. The Morgan fingerprint density at radius 2 is 1.92 bits per heavy atom. The van der Waals surface area contributed by atoms with Crippen LogP contribution in [-0.4, -0.2) is 11.7 Å². The van der Waals surface area contributed by atoms with Crippen molar-refractivity contribution >= 4 is 0 Å². The predicted octanol–water partition coefficient (Wildman–Crippen LogP) is 3.07. The zero-order valence-electron chi connectivity index (χ0n) is 9.31. The third kappa shape index (κ3) is 4.12. The van der Waals surface area contributed by atoms with Gasteiger partial charge in [0.25, 0.3) is 0 Å². The number of allylic oxidation sites excluding steroid dienone is 2. The van der Waals surface area contributed by atoms with Crippen LogP contribution in [0.15, 0.2) is 29.0 Å². The molecule has 1 nitrogen and oxygen atoms in total. The second-order valence-corrected chi connectivity index (χ2v) is 4.13. The molecule has 0 aliphatic carbocycles. The molecule has 1 N–H and O–H groups in total. The quantitative estimate of drug-likeness (QED) is 0.511. The van der Waals surface area contributed by atoms with Gasteiger partial charge in [0, 0.05) is 5.57 Å². The van der Waals surface area contributed by atoms with Crippen LogP contribution in [0.2, 0.25) is 0 Å². The largest absolute Gasteiger partial charge is 0.392 e. The molecule has 0 amide bonds. The second kappa shape index (κ2) is 5.06. The summed E-state index contributed by atoms with van der Waals surface area (Å²) < 4.78 is 0. The number of hydrogen-bond acceptors (Lipinski definition) is 1. The van der Waals surface area contributed by atoms with Gasteiger partial charge >= 0.3 is 0 Å². The van der Waals surface area contributed by atoms with E-state index in [0.29, 0.717) is 0 Å². The van der Waals surface area contributed by atoms with Gasteiger partial charge in [-0.05, 0) is 30.9 Å². The minimum absolute atomic E-state index is 0.0856. The first kappa shape index (κ1) is 12.2. The second-order valence-electron chi connectivity index (χ2n) is 4.13. The van der Waals surface area contributed by atoms with Crippen LogP contribution in [0.1, 0.15) is 34.6 Å². The van der Waals surface area contributed by atoms with Gasteiger partial charge in [0.2, 0.25) is 0 Å². The van der Waals surface area contributed by atoms with Crippen molar-refractivity contribution < 1.29 is 5.11 Å². The summed E-state index contributed by atoms with van der Waals surface area (Å²) in [6, 6.07) is 0. The molecule has 0 bridgehead atoms. The summed E-state index contributed by atoms with van der Waals surface area (Å²) in [6.45, 7) is 10.5. The molecule has 0 aromatic rings. The smallest absolute Gasteiger partial charge is 0.0618 e. The highest BCUT2D eigenvalue weighted by Gasteiger charge is 2.17. The molecule has 0 aromatic carbocycles. The number of rotatable bonds is 2. The van der Waals surface area contributed by atoms with Gasteiger partial charge < -0.3 is 5.11 Å². The molecule has 0 unspecified atom stereocenters. The van der Waals surface area contributed by atoms with Crippen LogP contribution in [0, 0.1) is 5.41 Å². The molecule has 0 saturated carbocycles. The van der Waals surface area contributed by atoms with E-state index in [4.69, 9.17) is 5.11 Å². The lowest BCUT2D eigenvalue weighted by Gasteiger charge is -2.21. The number of hydrogen-bond donors (Lipinski definition) is 1. The van der Waals surface area contributed by atoms with E-state index in [-0.39, 0.29) is 12.0 Å². The highest BCUT2D eigenvalue weighted by Crippen LogP contribution is 2.29. The fourth-order valence-electron chi connectivity index (χ4n) is 1.31. The molecule has 74 valence electrons. The summed E-state index contributed by atoms with van der Waals surface area (Å²) in [5, 5.41) is 8.79. The summed E-state index contributed by atoms with van der Waals surface area (Å²) in [6.07, 6.45) is 3.73. The molecule has 0 aliphatic rings. The van der Waals surface area contributed by atoms with Crippen molar-refractivity contribution in [3.63, 3.8) is 0 Å². The van der Waals surface area contributed by atoms with Crippen molar-refractivity contribution in [3.05, 3.63) is 29.0 Å². The van der Waals surface area contributed by atoms with E-state index >= 15 is 0 Å². The van der Waals surface area contributed by atoms with Crippen LogP contribution in [0.3, 0.4) is 0 Å². The summed E-state index contributed by atoms with van der Waals surface area (Å²) in [7, 11) is 0. The normalized spacial score (nSPS) is 12.3. The van der Waals surface area contributed by atoms with E-state index in [0.717, 1.165) is 11.1 Å². The average molecular weight is 180 g/mol. The van der Waals surface area contributed by atoms with Gasteiger partial charge in [-0.25, -0.2) is 0 Å². The Hall–Kier alpha value is -0.780. The minimum Gasteiger partial charge on any atom is -0.392 e. The Morgan fingerprint density at radius 3 is 2.23 bits per heavy atom. The fourth-order valence-corrected chi connectivity index (χ4v) is 1.31. The van der Waals surface area contributed by atoms with Gasteiger partial charge in [0.15, 0.2) is 0 Å². The monoisotopic (exact) mass is 180 g/mol. The highest BCUT2D eigenvalue weighted by molar-refractivity contribution is 5.33. The molecule has 0 rings (SSSR count). The van der Waals surface area contributed by atoms with Crippen molar-refractivity contribution in [2.24, 2.45) is 5.41 Å². The van der Waals surface area contributed by atoms with Crippen molar-refractivity contribution in [2.75, 3.05) is 6.61 Å². The Bertz CT molecular complexity index is 245. The Balaban J connectivity index is 5.09. The fraction of sp³-hybridized carbons (Fsp3) is 0.583. The van der Waals surface area contributed by atoms with Crippen molar-refractivity contribution in [1.82, 2.24) is 0 Å². The van der Waals surface area contributed by atoms with Crippen LogP contribution in [-0.2, 0) is 0 Å². The zero-order chi connectivity index (χ0) is 10.5. The van der Waals surface area contributed by atoms with E-state index in [1.54, 1.807) is 0 Å². The SMILES string of the molecule is CC=C=C(/C(C)=C\CO)C(C)(C)C. The maximum absolute atomic E-state index is 8.79. The van der Waals surface area contributed by atoms with E-state index < -0.39 is 0 Å². The standard InChI is InChI=1S/C12H20O/c1-6-7-11(12(3,4)5)10(2)8-9-13/h6,8,13H,9H2,1-5H3/b10-8-. The van der Waals surface area contributed by atoms with Crippen molar-refractivity contribution in [1.29, 1.82) is 0 Å². The molecular weight excluding hydrogens is 160 g/mol.